The van der Waals surface area contributed by atoms with E-state index in [2.05, 4.69) is 5.32 Å². The van der Waals surface area contributed by atoms with Crippen LogP contribution in [0.3, 0.4) is 0 Å². The molecule has 1 rings (SSSR count). The van der Waals surface area contributed by atoms with Crippen molar-refractivity contribution >= 4 is 18.5 Å². The van der Waals surface area contributed by atoms with Crippen molar-refractivity contribution in [1.29, 1.82) is 0 Å². The zero-order valence-corrected chi connectivity index (χ0v) is 11.4. The summed E-state index contributed by atoms with van der Waals surface area (Å²) in [6, 6.07) is 0.272. The van der Waals surface area contributed by atoms with Crippen LogP contribution in [0.2, 0.25) is 0 Å². The lowest BCUT2D eigenvalue weighted by molar-refractivity contribution is 0.0201. The van der Waals surface area contributed by atoms with Gasteiger partial charge >= 0.3 is 6.09 Å². The smallest absolute Gasteiger partial charge is 0.410 e. The summed E-state index contributed by atoms with van der Waals surface area (Å²) < 4.78 is 5.31. The molecule has 1 heterocycles. The molecule has 5 heteroatoms. The van der Waals surface area contributed by atoms with E-state index < -0.39 is 5.60 Å². The van der Waals surface area contributed by atoms with Crippen molar-refractivity contribution in [1.82, 2.24) is 10.2 Å². The summed E-state index contributed by atoms with van der Waals surface area (Å²) in [6.45, 7) is 7.59. The summed E-state index contributed by atoms with van der Waals surface area (Å²) in [7, 11) is 1.81. The first-order chi connectivity index (χ1) is 6.90. The van der Waals surface area contributed by atoms with Gasteiger partial charge in [0, 0.05) is 19.6 Å². The maximum atomic E-state index is 11.7. The van der Waals surface area contributed by atoms with Crippen LogP contribution in [0.15, 0.2) is 0 Å². The predicted molar refractivity (Wildman–Crippen MR) is 67.1 cm³/mol. The number of rotatable bonds is 1. The zero-order valence-electron chi connectivity index (χ0n) is 10.6. The number of piperidine rings is 1. The molecule has 0 saturated carbocycles. The van der Waals surface area contributed by atoms with Gasteiger partial charge < -0.3 is 15.0 Å². The summed E-state index contributed by atoms with van der Waals surface area (Å²) in [4.78, 5) is 13.4. The van der Waals surface area contributed by atoms with Gasteiger partial charge in [-0.05, 0) is 40.2 Å². The average molecular weight is 251 g/mol. The van der Waals surface area contributed by atoms with E-state index in [4.69, 9.17) is 4.74 Å². The Balaban J connectivity index is 0.00000225. The van der Waals surface area contributed by atoms with E-state index in [0.29, 0.717) is 0 Å². The Kier molecular flexibility index (Phi) is 6.11. The molecule has 0 radical (unpaired) electrons. The van der Waals surface area contributed by atoms with E-state index in [1.54, 1.807) is 4.90 Å². The quantitative estimate of drug-likeness (QED) is 0.774. The monoisotopic (exact) mass is 250 g/mol. The molecule has 1 fully saturated rings. The van der Waals surface area contributed by atoms with Crippen LogP contribution in [0.1, 0.15) is 33.6 Å². The van der Waals surface area contributed by atoms with Crippen LogP contribution in [-0.2, 0) is 4.74 Å². The Morgan fingerprint density at radius 2 is 2.06 bits per heavy atom. The van der Waals surface area contributed by atoms with Gasteiger partial charge in [-0.25, -0.2) is 4.79 Å². The van der Waals surface area contributed by atoms with Gasteiger partial charge in [-0.3, -0.25) is 0 Å². The van der Waals surface area contributed by atoms with Crippen molar-refractivity contribution in [3.8, 4) is 0 Å². The normalized spacial score (nSPS) is 20.9. The predicted octanol–water partition coefficient (Wildman–Crippen LogP) is 2.03. The van der Waals surface area contributed by atoms with Crippen LogP contribution in [-0.4, -0.2) is 42.8 Å². The first kappa shape index (κ1) is 15.5. The van der Waals surface area contributed by atoms with Crippen molar-refractivity contribution < 1.29 is 9.53 Å². The van der Waals surface area contributed by atoms with Crippen LogP contribution >= 0.6 is 12.4 Å². The molecule has 1 N–H and O–H groups in total. The third-order valence-electron chi connectivity index (χ3n) is 2.50. The maximum absolute atomic E-state index is 11.7. The second-order valence-electron chi connectivity index (χ2n) is 5.09. The summed E-state index contributed by atoms with van der Waals surface area (Å²) in [5.74, 6) is 0. The fourth-order valence-electron chi connectivity index (χ4n) is 1.65. The molecule has 1 aliphatic rings. The lowest BCUT2D eigenvalue weighted by Crippen LogP contribution is -2.48. The highest BCUT2D eigenvalue weighted by molar-refractivity contribution is 5.85. The molecule has 1 saturated heterocycles. The van der Waals surface area contributed by atoms with Gasteiger partial charge in [0.05, 0.1) is 0 Å². The molecule has 1 amide bonds. The van der Waals surface area contributed by atoms with Crippen molar-refractivity contribution in [2.45, 2.75) is 45.3 Å². The molecule has 0 aromatic heterocycles. The molecular formula is C11H23ClN2O2. The van der Waals surface area contributed by atoms with Gasteiger partial charge in [0.2, 0.25) is 0 Å². The number of ether oxygens (including phenoxy) is 1. The van der Waals surface area contributed by atoms with Gasteiger partial charge in [0.15, 0.2) is 0 Å². The largest absolute Gasteiger partial charge is 0.444 e. The summed E-state index contributed by atoms with van der Waals surface area (Å²) in [5.41, 5.74) is -0.409. The molecule has 0 aliphatic carbocycles. The minimum atomic E-state index is -0.409. The standard InChI is InChI=1S/C11H22N2O2.ClH/c1-11(2,3)15-10(14)13(4)9-6-5-7-12-8-9;/h9,12H,5-8H2,1-4H3;1H/t9-;/m1./s1. The molecule has 1 atom stereocenters. The number of hydrogen-bond acceptors (Lipinski definition) is 3. The lowest BCUT2D eigenvalue weighted by Gasteiger charge is -2.33. The highest BCUT2D eigenvalue weighted by atomic mass is 35.5. The molecular weight excluding hydrogens is 228 g/mol. The molecule has 16 heavy (non-hydrogen) atoms. The van der Waals surface area contributed by atoms with Gasteiger partial charge in [0.25, 0.3) is 0 Å². The van der Waals surface area contributed by atoms with Crippen LogP contribution in [0.4, 0.5) is 4.79 Å². The fourth-order valence-corrected chi connectivity index (χ4v) is 1.65. The van der Waals surface area contributed by atoms with Crippen LogP contribution in [0.25, 0.3) is 0 Å². The number of nitrogens with zero attached hydrogens (tertiary/aromatic N) is 1. The topological polar surface area (TPSA) is 41.6 Å². The Morgan fingerprint density at radius 1 is 1.44 bits per heavy atom. The Morgan fingerprint density at radius 3 is 2.50 bits per heavy atom. The number of nitrogens with one attached hydrogen (secondary N) is 1. The summed E-state index contributed by atoms with van der Waals surface area (Å²) in [5, 5.41) is 3.28. The lowest BCUT2D eigenvalue weighted by atomic mass is 10.1. The SMILES string of the molecule is CN(C(=O)OC(C)(C)C)[C@@H]1CCCNC1.Cl. The van der Waals surface area contributed by atoms with Gasteiger partial charge in [-0.1, -0.05) is 0 Å². The second kappa shape index (κ2) is 6.30. The summed E-state index contributed by atoms with van der Waals surface area (Å²) >= 11 is 0. The first-order valence-electron chi connectivity index (χ1n) is 5.56. The highest BCUT2D eigenvalue weighted by Gasteiger charge is 2.26. The van der Waals surface area contributed by atoms with E-state index >= 15 is 0 Å². The van der Waals surface area contributed by atoms with E-state index in [-0.39, 0.29) is 24.5 Å². The summed E-state index contributed by atoms with van der Waals surface area (Å²) in [6.07, 6.45) is 1.96. The number of carbonyl (C=O) groups is 1. The van der Waals surface area contributed by atoms with Crippen molar-refractivity contribution in [2.24, 2.45) is 0 Å². The van der Waals surface area contributed by atoms with E-state index in [1.807, 2.05) is 27.8 Å². The third-order valence-corrected chi connectivity index (χ3v) is 2.50. The Bertz CT molecular complexity index is 223. The molecule has 96 valence electrons. The van der Waals surface area contributed by atoms with Crippen molar-refractivity contribution in [2.75, 3.05) is 20.1 Å². The van der Waals surface area contributed by atoms with E-state index in [0.717, 1.165) is 25.9 Å². The molecule has 0 bridgehead atoms. The van der Waals surface area contributed by atoms with Crippen LogP contribution < -0.4 is 5.32 Å². The van der Waals surface area contributed by atoms with E-state index in [1.165, 1.54) is 0 Å². The molecule has 0 aromatic carbocycles. The van der Waals surface area contributed by atoms with Crippen LogP contribution in [0, 0.1) is 0 Å². The number of amides is 1. The molecule has 0 spiro atoms. The average Bonchev–Trinajstić information content (AvgIpc) is 2.15. The molecule has 0 aromatic rings. The fraction of sp³-hybridized carbons (Fsp3) is 0.909. The van der Waals surface area contributed by atoms with E-state index in [9.17, 15) is 4.79 Å². The third kappa shape index (κ3) is 5.03. The second-order valence-corrected chi connectivity index (χ2v) is 5.09. The minimum Gasteiger partial charge on any atom is -0.444 e. The van der Waals surface area contributed by atoms with Gasteiger partial charge in [-0.15, -0.1) is 12.4 Å². The van der Waals surface area contributed by atoms with Crippen LogP contribution in [0.5, 0.6) is 0 Å². The molecule has 1 aliphatic heterocycles. The number of halogens is 1. The molecule has 0 unspecified atom stereocenters. The number of carbonyl (C=O) groups excluding carboxylic acids is 1. The maximum Gasteiger partial charge on any atom is 0.410 e. The number of likely N-dealkylation sites (N-methyl/N-ethyl adjacent to an activating group) is 1. The number of hydrogen-bond donors (Lipinski definition) is 1. The zero-order chi connectivity index (χ0) is 11.5. The Labute approximate surface area is 104 Å². The molecule has 4 nitrogen and oxygen atoms in total. The van der Waals surface area contributed by atoms with Gasteiger partial charge in [0.1, 0.15) is 5.60 Å². The van der Waals surface area contributed by atoms with Crippen molar-refractivity contribution in [3.63, 3.8) is 0 Å². The van der Waals surface area contributed by atoms with Gasteiger partial charge in [-0.2, -0.15) is 0 Å². The first-order valence-corrected chi connectivity index (χ1v) is 5.56. The highest BCUT2D eigenvalue weighted by Crippen LogP contribution is 2.14. The van der Waals surface area contributed by atoms with Crippen molar-refractivity contribution in [3.05, 3.63) is 0 Å². The minimum absolute atomic E-state index is 0. The Hall–Kier alpha value is -0.480.